The Bertz CT molecular complexity index is 522. The van der Waals surface area contributed by atoms with Crippen molar-refractivity contribution in [1.82, 2.24) is 4.98 Å². The van der Waals surface area contributed by atoms with Crippen LogP contribution in [0.15, 0.2) is 47.6 Å². The van der Waals surface area contributed by atoms with Gasteiger partial charge in [-0.25, -0.2) is 9.37 Å². The van der Waals surface area contributed by atoms with Crippen molar-refractivity contribution in [2.24, 2.45) is 0 Å². The SMILES string of the molecule is Fc1cccc(NCCSc2ncccc2Cl)c1. The average Bonchev–Trinajstić information content (AvgIpc) is 2.37. The van der Waals surface area contributed by atoms with Crippen LogP contribution >= 0.6 is 23.4 Å². The highest BCUT2D eigenvalue weighted by molar-refractivity contribution is 7.99. The molecule has 0 aliphatic carbocycles. The lowest BCUT2D eigenvalue weighted by Crippen LogP contribution is -2.04. The van der Waals surface area contributed by atoms with Gasteiger partial charge in [0.1, 0.15) is 10.8 Å². The van der Waals surface area contributed by atoms with Crippen molar-refractivity contribution in [3.05, 3.63) is 53.4 Å². The van der Waals surface area contributed by atoms with Gasteiger partial charge in [-0.3, -0.25) is 0 Å². The van der Waals surface area contributed by atoms with Gasteiger partial charge in [-0.05, 0) is 30.3 Å². The van der Waals surface area contributed by atoms with Crippen LogP contribution in [0.4, 0.5) is 10.1 Å². The highest BCUT2D eigenvalue weighted by Crippen LogP contribution is 2.23. The number of nitrogens with one attached hydrogen (secondary N) is 1. The fraction of sp³-hybridized carbons (Fsp3) is 0.154. The first kappa shape index (κ1) is 13.2. The molecule has 0 bridgehead atoms. The number of nitrogens with zero attached hydrogens (tertiary/aromatic N) is 1. The predicted molar refractivity (Wildman–Crippen MR) is 74.9 cm³/mol. The number of rotatable bonds is 5. The summed E-state index contributed by atoms with van der Waals surface area (Å²) in [4.78, 5) is 4.18. The van der Waals surface area contributed by atoms with Crippen LogP contribution in [0.1, 0.15) is 0 Å². The number of halogens is 2. The quantitative estimate of drug-likeness (QED) is 0.661. The minimum absolute atomic E-state index is 0.236. The number of pyridine rings is 1. The van der Waals surface area contributed by atoms with Crippen LogP contribution in [0.3, 0.4) is 0 Å². The molecule has 1 heterocycles. The molecule has 94 valence electrons. The molecule has 2 rings (SSSR count). The Kier molecular flexibility index (Phi) is 4.84. The van der Waals surface area contributed by atoms with E-state index in [4.69, 9.17) is 11.6 Å². The number of benzene rings is 1. The van der Waals surface area contributed by atoms with Crippen LogP contribution in [0.2, 0.25) is 5.02 Å². The molecule has 2 aromatic rings. The topological polar surface area (TPSA) is 24.9 Å². The molecule has 0 amide bonds. The third-order valence-electron chi connectivity index (χ3n) is 2.22. The first-order valence-corrected chi connectivity index (χ1v) is 6.85. The fourth-order valence-electron chi connectivity index (χ4n) is 1.42. The van der Waals surface area contributed by atoms with Crippen molar-refractivity contribution in [2.45, 2.75) is 5.03 Å². The molecule has 0 saturated heterocycles. The number of anilines is 1. The Hall–Kier alpha value is -1.26. The van der Waals surface area contributed by atoms with Crippen molar-refractivity contribution < 1.29 is 4.39 Å². The van der Waals surface area contributed by atoms with Crippen molar-refractivity contribution in [1.29, 1.82) is 0 Å². The zero-order valence-electron chi connectivity index (χ0n) is 9.57. The summed E-state index contributed by atoms with van der Waals surface area (Å²) in [5.41, 5.74) is 0.780. The van der Waals surface area contributed by atoms with Gasteiger partial charge < -0.3 is 5.32 Å². The third-order valence-corrected chi connectivity index (χ3v) is 3.64. The first-order valence-electron chi connectivity index (χ1n) is 5.48. The van der Waals surface area contributed by atoms with Crippen LogP contribution in [0, 0.1) is 5.82 Å². The molecule has 0 fully saturated rings. The average molecular weight is 283 g/mol. The minimum atomic E-state index is -0.236. The van der Waals surface area contributed by atoms with Crippen LogP contribution in [0.5, 0.6) is 0 Å². The summed E-state index contributed by atoms with van der Waals surface area (Å²) < 4.78 is 12.9. The molecular weight excluding hydrogens is 271 g/mol. The van der Waals surface area contributed by atoms with E-state index in [9.17, 15) is 4.39 Å². The summed E-state index contributed by atoms with van der Waals surface area (Å²) in [6, 6.07) is 10.0. The molecule has 18 heavy (non-hydrogen) atoms. The van der Waals surface area contributed by atoms with Gasteiger partial charge in [0.15, 0.2) is 0 Å². The second-order valence-electron chi connectivity index (χ2n) is 3.58. The van der Waals surface area contributed by atoms with E-state index >= 15 is 0 Å². The van der Waals surface area contributed by atoms with E-state index in [1.54, 1.807) is 30.1 Å². The van der Waals surface area contributed by atoms with Crippen LogP contribution in [0.25, 0.3) is 0 Å². The molecule has 0 spiro atoms. The van der Waals surface area contributed by atoms with Gasteiger partial charge in [-0.2, -0.15) is 0 Å². The summed E-state index contributed by atoms with van der Waals surface area (Å²) in [6.45, 7) is 0.723. The maximum absolute atomic E-state index is 12.9. The second kappa shape index (κ2) is 6.61. The summed E-state index contributed by atoms with van der Waals surface area (Å²) in [7, 11) is 0. The minimum Gasteiger partial charge on any atom is -0.384 e. The van der Waals surface area contributed by atoms with E-state index in [-0.39, 0.29) is 5.82 Å². The van der Waals surface area contributed by atoms with Gasteiger partial charge in [0.25, 0.3) is 0 Å². The monoisotopic (exact) mass is 282 g/mol. The molecule has 0 saturated carbocycles. The number of aromatic nitrogens is 1. The van der Waals surface area contributed by atoms with Gasteiger partial charge in [0.2, 0.25) is 0 Å². The second-order valence-corrected chi connectivity index (χ2v) is 5.07. The largest absolute Gasteiger partial charge is 0.384 e. The molecule has 5 heteroatoms. The maximum Gasteiger partial charge on any atom is 0.125 e. The highest BCUT2D eigenvalue weighted by Gasteiger charge is 2.01. The molecule has 0 radical (unpaired) electrons. The lowest BCUT2D eigenvalue weighted by molar-refractivity contribution is 0.628. The first-order chi connectivity index (χ1) is 8.75. The van der Waals surface area contributed by atoms with E-state index in [0.717, 1.165) is 23.0 Å². The molecule has 0 aliphatic heterocycles. The highest BCUT2D eigenvalue weighted by atomic mass is 35.5. The van der Waals surface area contributed by atoms with Gasteiger partial charge in [0, 0.05) is 24.2 Å². The predicted octanol–water partition coefficient (Wildman–Crippen LogP) is 4.08. The van der Waals surface area contributed by atoms with Gasteiger partial charge in [-0.1, -0.05) is 17.7 Å². The Morgan fingerprint density at radius 2 is 2.17 bits per heavy atom. The lowest BCUT2D eigenvalue weighted by Gasteiger charge is -2.06. The summed E-state index contributed by atoms with van der Waals surface area (Å²) in [5, 5.41) is 4.62. The summed E-state index contributed by atoms with van der Waals surface area (Å²) in [6.07, 6.45) is 1.72. The Balaban J connectivity index is 1.78. The number of hydrogen-bond acceptors (Lipinski definition) is 3. The van der Waals surface area contributed by atoms with E-state index in [2.05, 4.69) is 10.3 Å². The molecule has 1 N–H and O–H groups in total. The van der Waals surface area contributed by atoms with Crippen molar-refractivity contribution in [2.75, 3.05) is 17.6 Å². The zero-order chi connectivity index (χ0) is 12.8. The molecule has 1 aromatic heterocycles. The maximum atomic E-state index is 12.9. The molecule has 0 aliphatic rings. The number of hydrogen-bond donors (Lipinski definition) is 1. The lowest BCUT2D eigenvalue weighted by atomic mass is 10.3. The van der Waals surface area contributed by atoms with Gasteiger partial charge >= 0.3 is 0 Å². The third kappa shape index (κ3) is 3.89. The van der Waals surface area contributed by atoms with Crippen molar-refractivity contribution >= 4 is 29.1 Å². The molecule has 1 aromatic carbocycles. The van der Waals surface area contributed by atoms with E-state index in [1.165, 1.54) is 12.1 Å². The summed E-state index contributed by atoms with van der Waals surface area (Å²) in [5.74, 6) is 0.577. The van der Waals surface area contributed by atoms with E-state index in [1.807, 2.05) is 12.1 Å². The van der Waals surface area contributed by atoms with Crippen molar-refractivity contribution in [3.63, 3.8) is 0 Å². The summed E-state index contributed by atoms with van der Waals surface area (Å²) >= 11 is 7.56. The van der Waals surface area contributed by atoms with Gasteiger partial charge in [-0.15, -0.1) is 11.8 Å². The van der Waals surface area contributed by atoms with Gasteiger partial charge in [0.05, 0.1) is 5.02 Å². The molecule has 2 nitrogen and oxygen atoms in total. The number of thioether (sulfide) groups is 1. The smallest absolute Gasteiger partial charge is 0.125 e. The normalized spacial score (nSPS) is 10.3. The Labute approximate surface area is 115 Å². The molecule has 0 unspecified atom stereocenters. The zero-order valence-corrected chi connectivity index (χ0v) is 11.1. The Morgan fingerprint density at radius 3 is 2.94 bits per heavy atom. The molecular formula is C13H12ClFN2S. The molecule has 0 atom stereocenters. The van der Waals surface area contributed by atoms with Crippen LogP contribution in [-0.4, -0.2) is 17.3 Å². The Morgan fingerprint density at radius 1 is 1.28 bits per heavy atom. The van der Waals surface area contributed by atoms with E-state index in [0.29, 0.717) is 5.02 Å². The van der Waals surface area contributed by atoms with Crippen LogP contribution < -0.4 is 5.32 Å². The van der Waals surface area contributed by atoms with E-state index < -0.39 is 0 Å². The van der Waals surface area contributed by atoms with Crippen LogP contribution in [-0.2, 0) is 0 Å². The standard InChI is InChI=1S/C13H12ClFN2S/c14-12-5-2-6-17-13(12)18-8-7-16-11-4-1-3-10(15)9-11/h1-6,9,16H,7-8H2. The van der Waals surface area contributed by atoms with Crippen molar-refractivity contribution in [3.8, 4) is 0 Å². The fourth-order valence-corrected chi connectivity index (χ4v) is 2.44.